The maximum absolute atomic E-state index is 11.2. The third kappa shape index (κ3) is 3.38. The first kappa shape index (κ1) is 21.1. The molecule has 3 nitrogen and oxygen atoms in total. The summed E-state index contributed by atoms with van der Waals surface area (Å²) in [5, 5.41) is 11.2. The predicted octanol–water partition coefficient (Wildman–Crippen LogP) is 4.97. The molecule has 0 aromatic rings. The summed E-state index contributed by atoms with van der Waals surface area (Å²) in [6, 6.07) is 0. The summed E-state index contributed by atoms with van der Waals surface area (Å²) in [6.07, 6.45) is 12.4. The van der Waals surface area contributed by atoms with Crippen molar-refractivity contribution in [3.8, 4) is 0 Å². The third-order valence-corrected chi connectivity index (χ3v) is 10.1. The van der Waals surface area contributed by atoms with Crippen LogP contribution in [0.3, 0.4) is 0 Å². The molecule has 3 heteroatoms. The molecule has 0 aromatic carbocycles. The zero-order chi connectivity index (χ0) is 20.1. The number of nitrogens with zero attached hydrogens (tertiary/aromatic N) is 1. The summed E-state index contributed by atoms with van der Waals surface area (Å²) in [6.45, 7) is 9.10. The minimum atomic E-state index is -0.181. The third-order valence-electron chi connectivity index (χ3n) is 10.1. The zero-order valence-electron chi connectivity index (χ0n) is 19.1. The van der Waals surface area contributed by atoms with E-state index in [4.69, 9.17) is 4.74 Å². The number of hydrogen-bond donors (Lipinski definition) is 1. The second-order valence-electron chi connectivity index (χ2n) is 11.7. The predicted molar refractivity (Wildman–Crippen MR) is 115 cm³/mol. The van der Waals surface area contributed by atoms with Crippen LogP contribution < -0.4 is 0 Å². The van der Waals surface area contributed by atoms with Crippen LogP contribution >= 0.6 is 0 Å². The van der Waals surface area contributed by atoms with Crippen LogP contribution in [-0.4, -0.2) is 49.5 Å². The van der Waals surface area contributed by atoms with Crippen LogP contribution in [0.4, 0.5) is 0 Å². The molecule has 2 unspecified atom stereocenters. The van der Waals surface area contributed by atoms with E-state index in [1.54, 1.807) is 0 Å². The van der Waals surface area contributed by atoms with Crippen molar-refractivity contribution < 1.29 is 9.84 Å². The molecular weight excluding hydrogens is 346 g/mol. The molecule has 9 atom stereocenters. The van der Waals surface area contributed by atoms with Gasteiger partial charge in [0.25, 0.3) is 0 Å². The fraction of sp³-hybridized carbons (Fsp3) is 1.00. The van der Waals surface area contributed by atoms with E-state index in [-0.39, 0.29) is 17.6 Å². The lowest BCUT2D eigenvalue weighted by Crippen LogP contribution is -2.53. The summed E-state index contributed by atoms with van der Waals surface area (Å²) in [4.78, 5) is 2.18. The molecule has 162 valence electrons. The van der Waals surface area contributed by atoms with Crippen LogP contribution in [0.25, 0.3) is 0 Å². The first-order valence-corrected chi connectivity index (χ1v) is 12.2. The average Bonchev–Trinajstić information content (AvgIpc) is 2.91. The van der Waals surface area contributed by atoms with Gasteiger partial charge in [0.1, 0.15) is 0 Å². The number of likely N-dealkylation sites (N-methyl/N-ethyl adjacent to an activating group) is 1. The van der Waals surface area contributed by atoms with Gasteiger partial charge in [0.2, 0.25) is 0 Å². The molecule has 1 N–H and O–H groups in total. The van der Waals surface area contributed by atoms with Gasteiger partial charge in [-0.3, -0.25) is 0 Å². The van der Waals surface area contributed by atoms with E-state index < -0.39 is 0 Å². The first-order chi connectivity index (χ1) is 13.3. The molecule has 4 rings (SSSR count). The van der Waals surface area contributed by atoms with Crippen molar-refractivity contribution in [2.45, 2.75) is 90.8 Å². The van der Waals surface area contributed by atoms with Gasteiger partial charge in [0, 0.05) is 12.5 Å². The number of rotatable bonds is 5. The van der Waals surface area contributed by atoms with Crippen LogP contribution in [0.2, 0.25) is 0 Å². The Kier molecular flexibility index (Phi) is 5.92. The molecular formula is C25H45NO2. The number of ether oxygens (including phenoxy) is 1. The SMILES string of the molecule is C[C@H](OCCN(C)C)[C@H]1C(O)C[C@H]2[C@@H]3CCC4CCCC[C@]4(C)[C@H]3CC[C@]12C. The lowest BCUT2D eigenvalue weighted by Gasteiger charge is -2.60. The normalized spacial score (nSPS) is 49.4. The Morgan fingerprint density at radius 1 is 1.00 bits per heavy atom. The second kappa shape index (κ2) is 7.85. The van der Waals surface area contributed by atoms with Gasteiger partial charge in [0.05, 0.1) is 18.8 Å². The molecule has 4 saturated carbocycles. The van der Waals surface area contributed by atoms with E-state index in [1.807, 2.05) is 0 Å². The largest absolute Gasteiger partial charge is 0.393 e. The highest BCUT2D eigenvalue weighted by Crippen LogP contribution is 2.67. The molecule has 0 spiro atoms. The molecule has 4 aliphatic carbocycles. The van der Waals surface area contributed by atoms with Crippen molar-refractivity contribution >= 4 is 0 Å². The van der Waals surface area contributed by atoms with Gasteiger partial charge in [-0.05, 0) is 100 Å². The van der Waals surface area contributed by atoms with E-state index in [0.29, 0.717) is 17.3 Å². The minimum Gasteiger partial charge on any atom is -0.393 e. The second-order valence-corrected chi connectivity index (χ2v) is 11.7. The van der Waals surface area contributed by atoms with Gasteiger partial charge in [-0.2, -0.15) is 0 Å². The Morgan fingerprint density at radius 2 is 1.79 bits per heavy atom. The molecule has 0 bridgehead atoms. The van der Waals surface area contributed by atoms with Crippen LogP contribution in [0.1, 0.15) is 78.6 Å². The van der Waals surface area contributed by atoms with E-state index >= 15 is 0 Å². The summed E-state index contributed by atoms with van der Waals surface area (Å²) in [5.41, 5.74) is 0.843. The molecule has 0 radical (unpaired) electrons. The molecule has 0 heterocycles. The van der Waals surface area contributed by atoms with Crippen molar-refractivity contribution in [1.29, 1.82) is 0 Å². The van der Waals surface area contributed by atoms with E-state index in [1.165, 1.54) is 51.4 Å². The van der Waals surface area contributed by atoms with E-state index in [2.05, 4.69) is 39.8 Å². The van der Waals surface area contributed by atoms with E-state index in [9.17, 15) is 5.11 Å². The van der Waals surface area contributed by atoms with Gasteiger partial charge in [-0.1, -0.05) is 26.7 Å². The van der Waals surface area contributed by atoms with Gasteiger partial charge < -0.3 is 14.7 Å². The Bertz CT molecular complexity index is 551. The number of aliphatic hydroxyl groups excluding tert-OH is 1. The summed E-state index contributed by atoms with van der Waals surface area (Å²) >= 11 is 0. The fourth-order valence-electron chi connectivity index (χ4n) is 8.72. The van der Waals surface area contributed by atoms with Crippen molar-refractivity contribution in [3.05, 3.63) is 0 Å². The maximum atomic E-state index is 11.2. The van der Waals surface area contributed by atoms with Gasteiger partial charge in [-0.25, -0.2) is 0 Å². The van der Waals surface area contributed by atoms with Gasteiger partial charge in [-0.15, -0.1) is 0 Å². The Labute approximate surface area is 173 Å². The number of hydrogen-bond acceptors (Lipinski definition) is 3. The van der Waals surface area contributed by atoms with E-state index in [0.717, 1.165) is 37.3 Å². The molecule has 0 amide bonds. The standard InChI is InChI=1S/C25H45NO2/c1-17(28-15-14-26(4)5)23-22(27)16-21-19-10-9-18-8-6-7-12-24(18,2)20(19)11-13-25(21,23)3/h17-23,27H,6-16H2,1-5H3/t17-,18?,19+,20-,21-,22?,23-,24-,25-/m0/s1. The van der Waals surface area contributed by atoms with Gasteiger partial charge in [0.15, 0.2) is 0 Å². The molecule has 28 heavy (non-hydrogen) atoms. The first-order valence-electron chi connectivity index (χ1n) is 12.2. The smallest absolute Gasteiger partial charge is 0.0605 e. The quantitative estimate of drug-likeness (QED) is 0.718. The highest BCUT2D eigenvalue weighted by atomic mass is 16.5. The average molecular weight is 392 g/mol. The number of aliphatic hydroxyl groups is 1. The van der Waals surface area contributed by atoms with Crippen LogP contribution in [0.5, 0.6) is 0 Å². The fourth-order valence-corrected chi connectivity index (χ4v) is 8.72. The molecule has 4 aliphatic rings. The van der Waals surface area contributed by atoms with Gasteiger partial charge >= 0.3 is 0 Å². The summed E-state index contributed by atoms with van der Waals surface area (Å²) < 4.78 is 6.26. The van der Waals surface area contributed by atoms with Crippen LogP contribution in [0.15, 0.2) is 0 Å². The lowest BCUT2D eigenvalue weighted by molar-refractivity contribution is -0.127. The topological polar surface area (TPSA) is 32.7 Å². The van der Waals surface area contributed by atoms with Crippen LogP contribution in [0, 0.1) is 40.4 Å². The summed E-state index contributed by atoms with van der Waals surface area (Å²) in [5.74, 6) is 3.72. The highest BCUT2D eigenvalue weighted by Gasteiger charge is 2.62. The Morgan fingerprint density at radius 3 is 2.54 bits per heavy atom. The minimum absolute atomic E-state index is 0.156. The van der Waals surface area contributed by atoms with Crippen LogP contribution in [-0.2, 0) is 4.74 Å². The van der Waals surface area contributed by atoms with Crippen molar-refractivity contribution in [1.82, 2.24) is 4.90 Å². The molecule has 4 fully saturated rings. The lowest BCUT2D eigenvalue weighted by atomic mass is 9.45. The Balaban J connectivity index is 1.51. The monoisotopic (exact) mass is 391 g/mol. The molecule has 0 saturated heterocycles. The Hall–Kier alpha value is -0.120. The van der Waals surface area contributed by atoms with Crippen molar-refractivity contribution in [2.75, 3.05) is 27.2 Å². The summed E-state index contributed by atoms with van der Waals surface area (Å²) in [7, 11) is 4.19. The van der Waals surface area contributed by atoms with Crippen molar-refractivity contribution in [2.24, 2.45) is 40.4 Å². The highest BCUT2D eigenvalue weighted by molar-refractivity contribution is 5.11. The zero-order valence-corrected chi connectivity index (χ0v) is 19.1. The maximum Gasteiger partial charge on any atom is 0.0605 e. The molecule has 0 aromatic heterocycles. The number of fused-ring (bicyclic) bond motifs is 5. The molecule has 0 aliphatic heterocycles. The van der Waals surface area contributed by atoms with Crippen molar-refractivity contribution in [3.63, 3.8) is 0 Å².